The van der Waals surface area contributed by atoms with E-state index < -0.39 is 22.5 Å². The third-order valence-electron chi connectivity index (χ3n) is 3.02. The maximum Gasteiger partial charge on any atom is 0.455 e. The van der Waals surface area contributed by atoms with Crippen molar-refractivity contribution in [2.75, 3.05) is 18.7 Å². The molecule has 27 heavy (non-hydrogen) atoms. The fraction of sp³-hybridized carbons (Fsp3) is 0.455. The molecule has 0 bridgehead atoms. The number of hydrogen-bond acceptors (Lipinski definition) is 9. The summed E-state index contributed by atoms with van der Waals surface area (Å²) in [6, 6.07) is -0.671. The highest BCUT2D eigenvalue weighted by molar-refractivity contribution is 7.81. The molecule has 16 heteroatoms. The Morgan fingerprint density at radius 2 is 2.19 bits per heavy atom. The number of nitrogens with zero attached hydrogens (tertiary/aromatic N) is 5. The van der Waals surface area contributed by atoms with Gasteiger partial charge in [-0.1, -0.05) is 0 Å². The van der Waals surface area contributed by atoms with Gasteiger partial charge in [-0.05, 0) is 6.92 Å². The lowest BCUT2D eigenvalue weighted by molar-refractivity contribution is 0.0720. The molecule has 1 aromatic rings. The molecule has 152 valence electrons. The van der Waals surface area contributed by atoms with Crippen molar-refractivity contribution in [1.82, 2.24) is 25.6 Å². The fourth-order valence-corrected chi connectivity index (χ4v) is 2.19. The van der Waals surface area contributed by atoms with E-state index in [1.807, 2.05) is 5.48 Å². The Labute approximate surface area is 154 Å². The Bertz CT molecular complexity index is 793. The van der Waals surface area contributed by atoms with E-state index in [1.54, 1.807) is 14.0 Å². The zero-order valence-electron chi connectivity index (χ0n) is 14.6. The van der Waals surface area contributed by atoms with Crippen LogP contribution in [0, 0.1) is 0 Å². The maximum absolute atomic E-state index is 11.9. The van der Waals surface area contributed by atoms with Crippen molar-refractivity contribution in [3.8, 4) is 0 Å². The molecule has 1 aliphatic heterocycles. The number of fused-ring (bicyclic) bond motifs is 1. The molecule has 15 nitrogen and oxygen atoms in total. The van der Waals surface area contributed by atoms with Crippen LogP contribution in [0.1, 0.15) is 12.6 Å². The fourth-order valence-electron chi connectivity index (χ4n) is 1.85. The van der Waals surface area contributed by atoms with Crippen molar-refractivity contribution >= 4 is 34.5 Å². The number of amides is 3. The predicted octanol–water partition coefficient (Wildman–Crippen LogP) is -0.819. The Morgan fingerprint density at radius 3 is 2.70 bits per heavy atom. The second kappa shape index (κ2) is 9.67. The van der Waals surface area contributed by atoms with E-state index in [0.29, 0.717) is 23.8 Å². The van der Waals surface area contributed by atoms with Crippen LogP contribution < -0.4 is 16.0 Å². The summed E-state index contributed by atoms with van der Waals surface area (Å²) in [6.07, 6.45) is 1.45. The summed E-state index contributed by atoms with van der Waals surface area (Å²) in [5.74, 6) is 0. The highest BCUT2D eigenvalue weighted by Gasteiger charge is 2.35. The maximum atomic E-state index is 11.9. The topological polar surface area (TPSA) is 188 Å². The number of aromatic nitrogens is 2. The Hall–Kier alpha value is -2.95. The first kappa shape index (κ1) is 22.1. The quantitative estimate of drug-likeness (QED) is 0.157. The predicted molar refractivity (Wildman–Crippen MR) is 88.8 cm³/mol. The molecule has 0 aliphatic carbocycles. The number of hydroxylamine groups is 3. The van der Waals surface area contributed by atoms with Gasteiger partial charge in [0.15, 0.2) is 0 Å². The average Bonchev–Trinajstić information content (AvgIpc) is 2.97. The van der Waals surface area contributed by atoms with Crippen molar-refractivity contribution < 1.29 is 36.9 Å². The van der Waals surface area contributed by atoms with Crippen LogP contribution in [0.2, 0.25) is 0 Å². The zero-order valence-corrected chi connectivity index (χ0v) is 15.4. The lowest BCUT2D eigenvalue weighted by Crippen LogP contribution is -2.47. The van der Waals surface area contributed by atoms with Gasteiger partial charge in [0.05, 0.1) is 18.4 Å². The minimum atomic E-state index is -4.78. The van der Waals surface area contributed by atoms with E-state index in [-0.39, 0.29) is 5.69 Å². The van der Waals surface area contributed by atoms with Gasteiger partial charge in [0, 0.05) is 20.6 Å². The molecule has 0 radical (unpaired) electrons. The number of anilines is 1. The van der Waals surface area contributed by atoms with E-state index in [4.69, 9.17) is 9.76 Å². The molecular formula is C11H19N7O8S. The summed E-state index contributed by atoms with van der Waals surface area (Å²) in [7, 11) is -1.63. The van der Waals surface area contributed by atoms with Gasteiger partial charge >= 0.3 is 22.5 Å². The summed E-state index contributed by atoms with van der Waals surface area (Å²) in [6.45, 7) is 2.41. The molecule has 0 aromatic carbocycles. The van der Waals surface area contributed by atoms with Gasteiger partial charge in [-0.25, -0.2) is 20.5 Å². The van der Waals surface area contributed by atoms with Gasteiger partial charge < -0.3 is 9.74 Å². The van der Waals surface area contributed by atoms with Crippen molar-refractivity contribution in [2.45, 2.75) is 13.5 Å². The molecule has 0 atom stereocenters. The molecule has 1 aromatic heterocycles. The third-order valence-corrected chi connectivity index (χ3v) is 3.36. The zero-order chi connectivity index (χ0) is 20.6. The lowest BCUT2D eigenvalue weighted by Gasteiger charge is -2.32. The van der Waals surface area contributed by atoms with Gasteiger partial charge in [0.2, 0.25) is 0 Å². The first-order valence-electron chi connectivity index (χ1n) is 7.18. The number of urea groups is 1. The number of rotatable bonds is 5. The van der Waals surface area contributed by atoms with Crippen molar-refractivity contribution in [3.63, 3.8) is 0 Å². The Kier molecular flexibility index (Phi) is 7.91. The first-order chi connectivity index (χ1) is 12.6. The molecule has 0 unspecified atom stereocenters. The highest BCUT2D eigenvalue weighted by Crippen LogP contribution is 2.28. The monoisotopic (exact) mass is 409 g/mol. The molecule has 0 fully saturated rings. The molecule has 0 spiro atoms. The van der Waals surface area contributed by atoms with E-state index in [9.17, 15) is 18.0 Å². The summed E-state index contributed by atoms with van der Waals surface area (Å²) >= 11 is 0. The summed E-state index contributed by atoms with van der Waals surface area (Å²) in [5, 5.41) is 12.3. The van der Waals surface area contributed by atoms with Gasteiger partial charge in [0.1, 0.15) is 12.0 Å². The van der Waals surface area contributed by atoms with Crippen LogP contribution in [0.15, 0.2) is 11.2 Å². The van der Waals surface area contributed by atoms with Crippen molar-refractivity contribution in [3.05, 3.63) is 11.9 Å². The number of carbonyl (C=O) groups is 2. The molecule has 2 heterocycles. The smallest absolute Gasteiger partial charge is 0.322 e. The second-order valence-corrected chi connectivity index (χ2v) is 5.70. The number of aryl methyl sites for hydroxylation is 1. The second-order valence-electron chi connectivity index (χ2n) is 4.70. The Morgan fingerprint density at radius 1 is 1.52 bits per heavy atom. The summed E-state index contributed by atoms with van der Waals surface area (Å²) in [4.78, 5) is 30.7. The van der Waals surface area contributed by atoms with E-state index in [1.165, 1.54) is 28.3 Å². The summed E-state index contributed by atoms with van der Waals surface area (Å²) < 4.78 is 36.0. The highest BCUT2D eigenvalue weighted by atomic mass is 32.3. The van der Waals surface area contributed by atoms with Crippen LogP contribution in [-0.2, 0) is 33.1 Å². The SMILES string of the molecule is CCN1Cc2c(cnn2C)N(OS(=O)(=O)O)C1=O.CN=CNOC(=O)NO. The van der Waals surface area contributed by atoms with Gasteiger partial charge in [-0.3, -0.25) is 19.4 Å². The van der Waals surface area contributed by atoms with Crippen LogP contribution in [0.3, 0.4) is 0 Å². The number of aliphatic imine (C=N–C) groups is 1. The van der Waals surface area contributed by atoms with Crippen LogP contribution >= 0.6 is 0 Å². The molecule has 4 N–H and O–H groups in total. The first-order valence-corrected chi connectivity index (χ1v) is 8.55. The molecule has 3 amide bonds. The van der Waals surface area contributed by atoms with Gasteiger partial charge in [-0.2, -0.15) is 13.5 Å². The van der Waals surface area contributed by atoms with E-state index in [2.05, 4.69) is 19.2 Å². The van der Waals surface area contributed by atoms with Gasteiger partial charge in [0.25, 0.3) is 0 Å². The van der Waals surface area contributed by atoms with Crippen molar-refractivity contribution in [2.24, 2.45) is 12.0 Å². The third kappa shape index (κ3) is 6.37. The molecular weight excluding hydrogens is 390 g/mol. The standard InChI is InChI=1S/C8H12N4O5S.C3H7N3O3/c1-3-11-5-7-6(4-9-10(7)2)12(8(11)13)17-18(14,15)16;1-4-2-5-9-3(7)6-8/h4H,3,5H2,1-2H3,(H,14,15,16);2,8H,1H3,(H,4,5)(H,6,7). The minimum absolute atomic E-state index is 0.199. The Balaban J connectivity index is 0.000000345. The normalized spacial score (nSPS) is 13.7. The molecule has 1 aliphatic rings. The lowest BCUT2D eigenvalue weighted by atomic mass is 10.3. The van der Waals surface area contributed by atoms with Crippen LogP contribution in [0.25, 0.3) is 0 Å². The largest absolute Gasteiger partial charge is 0.455 e. The van der Waals surface area contributed by atoms with Crippen LogP contribution in [-0.4, -0.2) is 64.9 Å². The van der Waals surface area contributed by atoms with E-state index in [0.717, 1.165) is 6.34 Å². The summed E-state index contributed by atoms with van der Waals surface area (Å²) in [5.41, 5.74) is 4.07. The van der Waals surface area contributed by atoms with Crippen LogP contribution in [0.5, 0.6) is 0 Å². The number of carbonyl (C=O) groups excluding carboxylic acids is 2. The van der Waals surface area contributed by atoms with Crippen LogP contribution in [0.4, 0.5) is 15.3 Å². The van der Waals surface area contributed by atoms with Gasteiger partial charge in [-0.15, -0.1) is 9.35 Å². The average molecular weight is 409 g/mol. The number of nitrogens with one attached hydrogen (secondary N) is 2. The molecule has 2 rings (SSSR count). The minimum Gasteiger partial charge on any atom is -0.322 e. The number of hydrogen-bond donors (Lipinski definition) is 4. The van der Waals surface area contributed by atoms with E-state index >= 15 is 0 Å². The van der Waals surface area contributed by atoms with Crippen molar-refractivity contribution in [1.29, 1.82) is 0 Å². The molecule has 0 saturated carbocycles. The molecule has 0 saturated heterocycles.